The van der Waals surface area contributed by atoms with Crippen LogP contribution in [0.2, 0.25) is 0 Å². The Morgan fingerprint density at radius 3 is 2.73 bits per heavy atom. The van der Waals surface area contributed by atoms with Gasteiger partial charge >= 0.3 is 0 Å². The molecule has 0 amide bonds. The number of rotatable bonds is 6. The summed E-state index contributed by atoms with van der Waals surface area (Å²) < 4.78 is 10.6. The maximum Gasteiger partial charge on any atom is 0.142 e. The molecule has 3 atom stereocenters. The number of ketones is 1. The number of Topliss-reactive ketones (excluding diaryl/α,β-unsaturated/α-hetero) is 1. The molecule has 122 valence electrons. The minimum Gasteiger partial charge on any atom is -0.472 e. The second kappa shape index (κ2) is 7.69. The number of carbonyl (C=O) groups excluding carboxylic acids is 1. The molecule has 22 heavy (non-hydrogen) atoms. The molecule has 2 fully saturated rings. The van der Waals surface area contributed by atoms with E-state index in [-0.39, 0.29) is 17.1 Å². The van der Waals surface area contributed by atoms with Crippen molar-refractivity contribution in [3.8, 4) is 0 Å². The average molecular weight is 322 g/mol. The lowest BCUT2D eigenvalue weighted by Crippen LogP contribution is -2.29. The maximum atomic E-state index is 13.0. The van der Waals surface area contributed by atoms with Crippen molar-refractivity contribution in [1.82, 2.24) is 0 Å². The number of hydrogen-bond donors (Lipinski definition) is 1. The third kappa shape index (κ3) is 3.77. The van der Waals surface area contributed by atoms with Gasteiger partial charge in [-0.3, -0.25) is 4.79 Å². The van der Waals surface area contributed by atoms with Crippen LogP contribution in [-0.2, 0) is 9.53 Å². The molecular weight excluding hydrogens is 296 g/mol. The van der Waals surface area contributed by atoms with Gasteiger partial charge in [0.1, 0.15) is 5.78 Å². The molecule has 0 bridgehead atoms. The predicted molar refractivity (Wildman–Crippen MR) is 89.1 cm³/mol. The second-order valence-corrected chi connectivity index (χ2v) is 7.37. The topological polar surface area (TPSA) is 39.4 Å². The first kappa shape index (κ1) is 16.1. The Balaban J connectivity index is 1.72. The van der Waals surface area contributed by atoms with E-state index in [0.717, 1.165) is 25.0 Å². The molecule has 2 aliphatic rings. The highest BCUT2D eigenvalue weighted by Crippen LogP contribution is 2.39. The van der Waals surface area contributed by atoms with E-state index in [1.54, 1.807) is 12.5 Å². The molecule has 1 aliphatic heterocycles. The Hall–Kier alpha value is -0.740. The zero-order valence-corrected chi connectivity index (χ0v) is 14.0. The summed E-state index contributed by atoms with van der Waals surface area (Å²) in [6.45, 7) is 1.31. The van der Waals surface area contributed by atoms with Crippen LogP contribution >= 0.6 is 12.6 Å². The van der Waals surface area contributed by atoms with E-state index in [4.69, 9.17) is 21.8 Å². The van der Waals surface area contributed by atoms with E-state index in [2.05, 4.69) is 0 Å². The Morgan fingerprint density at radius 2 is 2.09 bits per heavy atom. The third-order valence-electron chi connectivity index (χ3n) is 5.28. The second-order valence-electron chi connectivity index (χ2n) is 6.81. The molecule has 1 saturated heterocycles. The van der Waals surface area contributed by atoms with Crippen molar-refractivity contribution in [3.05, 3.63) is 24.2 Å². The van der Waals surface area contributed by atoms with Crippen LogP contribution in [0.1, 0.15) is 55.8 Å². The largest absolute Gasteiger partial charge is 0.472 e. The predicted octanol–water partition coefficient (Wildman–Crippen LogP) is 4.44. The van der Waals surface area contributed by atoms with Gasteiger partial charge in [0.25, 0.3) is 0 Å². The summed E-state index contributed by atoms with van der Waals surface area (Å²) in [4.78, 5) is 13.0. The normalized spacial score (nSPS) is 26.0. The Labute approximate surface area is 138 Å². The number of hydrogen-bond acceptors (Lipinski definition) is 4. The lowest BCUT2D eigenvalue weighted by Gasteiger charge is -2.30. The van der Waals surface area contributed by atoms with Crippen molar-refractivity contribution in [1.29, 1.82) is 0 Å². The van der Waals surface area contributed by atoms with Gasteiger partial charge in [-0.1, -0.05) is 32.1 Å². The number of ether oxygens (including phenoxy) is 1. The van der Waals surface area contributed by atoms with Gasteiger partial charge in [-0.15, -0.1) is 0 Å². The molecule has 2 heterocycles. The minimum atomic E-state index is -0.0613. The molecule has 0 radical (unpaired) electrons. The standard InChI is InChI=1S/C18H26O3S/c19-17(14-6-8-20-11-14)16(10-13-4-2-1-3-5-13)18(22)15-7-9-21-12-15/h7,9,12-14,16,18,22H,1-6,8,10-11H2. The van der Waals surface area contributed by atoms with Crippen molar-refractivity contribution in [2.75, 3.05) is 13.2 Å². The Morgan fingerprint density at radius 1 is 1.27 bits per heavy atom. The lowest BCUT2D eigenvalue weighted by atomic mass is 9.77. The summed E-state index contributed by atoms with van der Waals surface area (Å²) in [5, 5.41) is -0.0613. The number of thiol groups is 1. The zero-order valence-electron chi connectivity index (χ0n) is 13.1. The highest BCUT2D eigenvalue weighted by molar-refractivity contribution is 7.80. The van der Waals surface area contributed by atoms with Gasteiger partial charge < -0.3 is 9.15 Å². The van der Waals surface area contributed by atoms with Gasteiger partial charge in [-0.25, -0.2) is 0 Å². The van der Waals surface area contributed by atoms with Crippen molar-refractivity contribution < 1.29 is 13.9 Å². The molecule has 1 aromatic rings. The first-order valence-corrected chi connectivity index (χ1v) is 9.09. The quantitative estimate of drug-likeness (QED) is 0.787. The highest BCUT2D eigenvalue weighted by atomic mass is 32.1. The smallest absolute Gasteiger partial charge is 0.142 e. The molecule has 1 aromatic heterocycles. The molecule has 4 heteroatoms. The summed E-state index contributed by atoms with van der Waals surface area (Å²) in [7, 11) is 0. The van der Waals surface area contributed by atoms with Crippen molar-refractivity contribution in [2.45, 2.75) is 50.2 Å². The first-order valence-electron chi connectivity index (χ1n) is 8.57. The SMILES string of the molecule is O=C(C1CCOC1)C(CC1CCCCC1)C(S)c1ccoc1. The molecule has 0 N–H and O–H groups in total. The van der Waals surface area contributed by atoms with Gasteiger partial charge in [-0.05, 0) is 24.8 Å². The molecule has 1 aliphatic carbocycles. The summed E-state index contributed by atoms with van der Waals surface area (Å²) in [5.41, 5.74) is 1.02. The van der Waals surface area contributed by atoms with Crippen molar-refractivity contribution in [2.24, 2.45) is 17.8 Å². The fourth-order valence-corrected chi connectivity index (χ4v) is 4.34. The van der Waals surface area contributed by atoms with Crippen LogP contribution in [-0.4, -0.2) is 19.0 Å². The van der Waals surface area contributed by atoms with E-state index < -0.39 is 0 Å². The molecule has 3 unspecified atom stereocenters. The van der Waals surface area contributed by atoms with E-state index in [0.29, 0.717) is 18.3 Å². The van der Waals surface area contributed by atoms with Crippen molar-refractivity contribution >= 4 is 18.4 Å². The van der Waals surface area contributed by atoms with Gasteiger partial charge in [0, 0.05) is 29.3 Å². The van der Waals surface area contributed by atoms with E-state index in [1.165, 1.54) is 32.1 Å². The molecule has 3 nitrogen and oxygen atoms in total. The lowest BCUT2D eigenvalue weighted by molar-refractivity contribution is -0.127. The van der Waals surface area contributed by atoms with Crippen molar-refractivity contribution in [3.63, 3.8) is 0 Å². The molecule has 0 spiro atoms. The van der Waals surface area contributed by atoms with E-state index >= 15 is 0 Å². The monoisotopic (exact) mass is 322 g/mol. The first-order chi connectivity index (χ1) is 10.8. The van der Waals surface area contributed by atoms with Crippen LogP contribution in [0, 0.1) is 17.8 Å². The summed E-state index contributed by atoms with van der Waals surface area (Å²) >= 11 is 4.79. The highest BCUT2D eigenvalue weighted by Gasteiger charge is 2.36. The van der Waals surface area contributed by atoms with Crippen LogP contribution in [0.5, 0.6) is 0 Å². The minimum absolute atomic E-state index is 0.0178. The van der Waals surface area contributed by atoms with Gasteiger partial charge in [-0.2, -0.15) is 12.6 Å². The summed E-state index contributed by atoms with van der Waals surface area (Å²) in [6, 6.07) is 1.93. The fourth-order valence-electron chi connectivity index (χ4n) is 3.92. The van der Waals surface area contributed by atoms with Crippen LogP contribution in [0.15, 0.2) is 23.0 Å². The Kier molecular flexibility index (Phi) is 5.64. The van der Waals surface area contributed by atoms with E-state index in [9.17, 15) is 4.79 Å². The summed E-state index contributed by atoms with van der Waals surface area (Å²) in [5.74, 6) is 1.07. The molecule has 3 rings (SSSR count). The number of furan rings is 1. The van der Waals surface area contributed by atoms with Crippen LogP contribution in [0.25, 0.3) is 0 Å². The van der Waals surface area contributed by atoms with Gasteiger partial charge in [0.15, 0.2) is 0 Å². The molecule has 1 saturated carbocycles. The molecule has 0 aromatic carbocycles. The molecular formula is C18H26O3S. The van der Waals surface area contributed by atoms with Crippen LogP contribution in [0.4, 0.5) is 0 Å². The average Bonchev–Trinajstić information content (AvgIpc) is 3.25. The zero-order chi connectivity index (χ0) is 15.4. The van der Waals surface area contributed by atoms with Gasteiger partial charge in [0.05, 0.1) is 19.1 Å². The maximum absolute atomic E-state index is 13.0. The van der Waals surface area contributed by atoms with Gasteiger partial charge in [0.2, 0.25) is 0 Å². The third-order valence-corrected chi connectivity index (χ3v) is 5.93. The van der Waals surface area contributed by atoms with Crippen LogP contribution < -0.4 is 0 Å². The Bertz CT molecular complexity index is 459. The van der Waals surface area contributed by atoms with E-state index in [1.807, 2.05) is 6.07 Å². The number of carbonyl (C=O) groups is 1. The summed E-state index contributed by atoms with van der Waals surface area (Å²) in [6.07, 6.45) is 11.7. The fraction of sp³-hybridized carbons (Fsp3) is 0.722. The van der Waals surface area contributed by atoms with Crippen LogP contribution in [0.3, 0.4) is 0 Å².